The first kappa shape index (κ1) is 20.8. The minimum Gasteiger partial charge on any atom is -0.507 e. The number of aryl methyl sites for hydroxylation is 1. The molecule has 0 aliphatic carbocycles. The van der Waals surface area contributed by atoms with E-state index in [1.165, 1.54) is 4.90 Å². The molecular formula is C27H23NO5. The van der Waals surface area contributed by atoms with Crippen LogP contribution in [0.4, 0.5) is 5.69 Å². The number of fused-ring (bicyclic) bond motifs is 1. The number of amides is 1. The molecule has 1 unspecified atom stereocenters. The van der Waals surface area contributed by atoms with Crippen LogP contribution in [0, 0.1) is 6.92 Å². The van der Waals surface area contributed by atoms with Crippen molar-refractivity contribution < 1.29 is 24.2 Å². The Labute approximate surface area is 191 Å². The van der Waals surface area contributed by atoms with E-state index >= 15 is 0 Å². The van der Waals surface area contributed by atoms with Gasteiger partial charge < -0.3 is 14.6 Å². The summed E-state index contributed by atoms with van der Waals surface area (Å²) in [5, 5.41) is 11.4. The van der Waals surface area contributed by atoms with E-state index in [0.29, 0.717) is 29.2 Å². The van der Waals surface area contributed by atoms with Gasteiger partial charge in [-0.05, 0) is 48.4 Å². The first-order valence-electron chi connectivity index (χ1n) is 10.8. The topological polar surface area (TPSA) is 76.1 Å². The van der Waals surface area contributed by atoms with E-state index in [2.05, 4.69) is 0 Å². The quantitative estimate of drug-likeness (QED) is 0.365. The highest BCUT2D eigenvalue weighted by molar-refractivity contribution is 6.51. The standard InChI is InChI=1S/C27H23NO5/c1-16-7-3-5-9-20(16)28-24(19-8-4-6-10-22(19)32-2)23(26(30)27(28)31)25(29)18-11-12-21-17(15-18)13-14-33-21/h3-12,15,24,29H,13-14H2,1-2H3/b25-23+. The van der Waals surface area contributed by atoms with Crippen LogP contribution in [-0.2, 0) is 16.0 Å². The highest BCUT2D eigenvalue weighted by Crippen LogP contribution is 2.45. The van der Waals surface area contributed by atoms with Gasteiger partial charge in [0, 0.05) is 23.2 Å². The predicted molar refractivity (Wildman–Crippen MR) is 125 cm³/mol. The number of ketones is 1. The summed E-state index contributed by atoms with van der Waals surface area (Å²) in [7, 11) is 1.54. The average Bonchev–Trinajstić information content (AvgIpc) is 3.41. The maximum atomic E-state index is 13.4. The third kappa shape index (κ3) is 3.35. The summed E-state index contributed by atoms with van der Waals surface area (Å²) in [5.41, 5.74) is 3.54. The van der Waals surface area contributed by atoms with Crippen LogP contribution in [0.25, 0.3) is 5.76 Å². The Morgan fingerprint density at radius 2 is 1.82 bits per heavy atom. The average molecular weight is 441 g/mol. The molecule has 0 bridgehead atoms. The number of anilines is 1. The first-order valence-corrected chi connectivity index (χ1v) is 10.8. The zero-order chi connectivity index (χ0) is 23.1. The third-order valence-corrected chi connectivity index (χ3v) is 6.22. The molecule has 166 valence electrons. The van der Waals surface area contributed by atoms with E-state index in [1.807, 2.05) is 49.4 Å². The van der Waals surface area contributed by atoms with Crippen molar-refractivity contribution in [3.8, 4) is 11.5 Å². The van der Waals surface area contributed by atoms with Crippen molar-refractivity contribution in [3.05, 3.63) is 94.6 Å². The number of hydrogen-bond acceptors (Lipinski definition) is 5. The van der Waals surface area contributed by atoms with E-state index in [9.17, 15) is 14.7 Å². The van der Waals surface area contributed by atoms with Gasteiger partial charge in [-0.15, -0.1) is 0 Å². The number of methoxy groups -OCH3 is 1. The highest BCUT2D eigenvalue weighted by atomic mass is 16.5. The van der Waals surface area contributed by atoms with Gasteiger partial charge in [0.25, 0.3) is 11.7 Å². The number of para-hydroxylation sites is 2. The number of rotatable bonds is 4. The summed E-state index contributed by atoms with van der Waals surface area (Å²) < 4.78 is 11.1. The zero-order valence-electron chi connectivity index (χ0n) is 18.4. The highest BCUT2D eigenvalue weighted by Gasteiger charge is 2.48. The summed E-state index contributed by atoms with van der Waals surface area (Å²) in [4.78, 5) is 28.2. The van der Waals surface area contributed by atoms with Crippen LogP contribution in [0.15, 0.2) is 72.3 Å². The van der Waals surface area contributed by atoms with Gasteiger partial charge in [-0.2, -0.15) is 0 Å². The number of aliphatic hydroxyl groups is 1. The van der Waals surface area contributed by atoms with Crippen molar-refractivity contribution in [3.63, 3.8) is 0 Å². The van der Waals surface area contributed by atoms with Gasteiger partial charge in [0.05, 0.1) is 25.3 Å². The second kappa shape index (κ2) is 8.13. The van der Waals surface area contributed by atoms with E-state index in [0.717, 1.165) is 23.3 Å². The summed E-state index contributed by atoms with van der Waals surface area (Å²) in [5.74, 6) is -0.339. The van der Waals surface area contributed by atoms with Gasteiger partial charge in [-0.1, -0.05) is 36.4 Å². The molecule has 5 rings (SSSR count). The lowest BCUT2D eigenvalue weighted by atomic mass is 9.93. The lowest BCUT2D eigenvalue weighted by molar-refractivity contribution is -0.132. The minimum absolute atomic E-state index is 0.0339. The molecule has 1 saturated heterocycles. The van der Waals surface area contributed by atoms with Crippen molar-refractivity contribution in [1.82, 2.24) is 0 Å². The largest absolute Gasteiger partial charge is 0.507 e. The van der Waals surface area contributed by atoms with Crippen LogP contribution in [0.2, 0.25) is 0 Å². The van der Waals surface area contributed by atoms with Crippen LogP contribution in [0.3, 0.4) is 0 Å². The van der Waals surface area contributed by atoms with Crippen LogP contribution >= 0.6 is 0 Å². The Balaban J connectivity index is 1.75. The Morgan fingerprint density at radius 3 is 2.61 bits per heavy atom. The molecule has 2 aliphatic heterocycles. The first-order chi connectivity index (χ1) is 16.0. The number of carbonyl (C=O) groups excluding carboxylic acids is 2. The van der Waals surface area contributed by atoms with E-state index in [1.54, 1.807) is 31.4 Å². The molecule has 1 N–H and O–H groups in total. The fourth-order valence-electron chi connectivity index (χ4n) is 4.59. The molecule has 1 amide bonds. The van der Waals surface area contributed by atoms with E-state index < -0.39 is 17.7 Å². The molecule has 1 atom stereocenters. The molecule has 0 spiro atoms. The van der Waals surface area contributed by atoms with E-state index in [-0.39, 0.29) is 11.3 Å². The molecule has 1 fully saturated rings. The summed E-state index contributed by atoms with van der Waals surface area (Å²) in [6.45, 7) is 2.47. The van der Waals surface area contributed by atoms with Gasteiger partial charge in [-0.25, -0.2) is 0 Å². The van der Waals surface area contributed by atoms with E-state index in [4.69, 9.17) is 9.47 Å². The van der Waals surface area contributed by atoms with Gasteiger partial charge >= 0.3 is 0 Å². The van der Waals surface area contributed by atoms with Gasteiger partial charge in [0.1, 0.15) is 17.3 Å². The summed E-state index contributed by atoms with van der Waals surface area (Å²) >= 11 is 0. The summed E-state index contributed by atoms with van der Waals surface area (Å²) in [6.07, 6.45) is 0.726. The lowest BCUT2D eigenvalue weighted by Gasteiger charge is -2.27. The molecule has 2 heterocycles. The number of hydrogen-bond donors (Lipinski definition) is 1. The Hall–Kier alpha value is -4.06. The number of nitrogens with zero attached hydrogens (tertiary/aromatic N) is 1. The molecule has 3 aromatic carbocycles. The molecular weight excluding hydrogens is 418 g/mol. The number of ether oxygens (including phenoxy) is 2. The molecule has 3 aromatic rings. The maximum Gasteiger partial charge on any atom is 0.300 e. The van der Waals surface area contributed by atoms with Crippen molar-refractivity contribution in [2.45, 2.75) is 19.4 Å². The zero-order valence-corrected chi connectivity index (χ0v) is 18.4. The summed E-state index contributed by atoms with van der Waals surface area (Å²) in [6, 6.07) is 19.1. The molecule has 33 heavy (non-hydrogen) atoms. The molecule has 0 saturated carbocycles. The maximum absolute atomic E-state index is 13.4. The van der Waals surface area contributed by atoms with Gasteiger partial charge in [0.2, 0.25) is 0 Å². The van der Waals surface area contributed by atoms with Crippen molar-refractivity contribution >= 4 is 23.1 Å². The number of benzene rings is 3. The molecule has 6 nitrogen and oxygen atoms in total. The van der Waals surface area contributed by atoms with Crippen LogP contribution < -0.4 is 14.4 Å². The third-order valence-electron chi connectivity index (χ3n) is 6.22. The second-order valence-corrected chi connectivity index (χ2v) is 8.12. The van der Waals surface area contributed by atoms with Gasteiger partial charge in [0.15, 0.2) is 0 Å². The second-order valence-electron chi connectivity index (χ2n) is 8.12. The number of Topliss-reactive ketones (excluding diaryl/α,β-unsaturated/α-hetero) is 1. The Morgan fingerprint density at radius 1 is 1.06 bits per heavy atom. The predicted octanol–water partition coefficient (Wildman–Crippen LogP) is 4.56. The molecule has 6 heteroatoms. The molecule has 2 aliphatic rings. The number of aliphatic hydroxyl groups excluding tert-OH is 1. The number of carbonyl (C=O) groups is 2. The van der Waals surface area contributed by atoms with Crippen molar-refractivity contribution in [2.24, 2.45) is 0 Å². The molecule has 0 aromatic heterocycles. The monoisotopic (exact) mass is 441 g/mol. The fourth-order valence-corrected chi connectivity index (χ4v) is 4.59. The Bertz CT molecular complexity index is 1310. The smallest absolute Gasteiger partial charge is 0.300 e. The van der Waals surface area contributed by atoms with Crippen LogP contribution in [0.1, 0.15) is 28.3 Å². The normalized spacial score (nSPS) is 18.8. The SMILES string of the molecule is COc1ccccc1C1/C(=C(\O)c2ccc3c(c2)CCO3)C(=O)C(=O)N1c1ccccc1C. The van der Waals surface area contributed by atoms with Gasteiger partial charge in [-0.3, -0.25) is 14.5 Å². The molecule has 0 radical (unpaired) electrons. The Kier molecular flexibility index (Phi) is 5.13. The van der Waals surface area contributed by atoms with Crippen molar-refractivity contribution in [2.75, 3.05) is 18.6 Å². The van der Waals surface area contributed by atoms with Crippen LogP contribution in [-0.4, -0.2) is 30.5 Å². The minimum atomic E-state index is -0.841. The fraction of sp³-hybridized carbons (Fsp3) is 0.185. The lowest BCUT2D eigenvalue weighted by Crippen LogP contribution is -2.30. The van der Waals surface area contributed by atoms with Crippen LogP contribution in [0.5, 0.6) is 11.5 Å². The van der Waals surface area contributed by atoms with Crippen molar-refractivity contribution in [1.29, 1.82) is 0 Å².